The first-order valence-electron chi connectivity index (χ1n) is 4.50. The maximum atomic E-state index is 9.66. The number of aliphatic hydroxyl groups excluding tert-OH is 2. The molecular weight excluding hydrogens is 156 g/mol. The molecule has 3 heteroatoms. The Morgan fingerprint density at radius 3 is 2.17 bits per heavy atom. The van der Waals surface area contributed by atoms with Crippen LogP contribution in [-0.2, 0) is 0 Å². The first-order valence-corrected chi connectivity index (χ1v) is 4.50. The highest BCUT2D eigenvalue weighted by Crippen LogP contribution is 2.32. The number of aliphatic hydroxyl groups is 3. The molecule has 1 aliphatic rings. The highest BCUT2D eigenvalue weighted by atomic mass is 16.3. The third kappa shape index (κ3) is 2.19. The lowest BCUT2D eigenvalue weighted by Crippen LogP contribution is -2.44. The molecule has 0 spiro atoms. The van der Waals surface area contributed by atoms with Crippen LogP contribution in [0.4, 0.5) is 0 Å². The third-order valence-corrected chi connectivity index (χ3v) is 2.70. The molecule has 1 rings (SSSR count). The van der Waals surface area contributed by atoms with Crippen LogP contribution in [-0.4, -0.2) is 33.1 Å². The molecule has 0 amide bonds. The van der Waals surface area contributed by atoms with E-state index in [4.69, 9.17) is 0 Å². The highest BCUT2D eigenvalue weighted by Gasteiger charge is 2.37. The number of rotatable bonds is 1. The van der Waals surface area contributed by atoms with Crippen LogP contribution >= 0.6 is 0 Å². The fourth-order valence-electron chi connectivity index (χ4n) is 1.95. The molecule has 0 saturated heterocycles. The van der Waals surface area contributed by atoms with E-state index in [2.05, 4.69) is 0 Å². The predicted molar refractivity (Wildman–Crippen MR) is 45.7 cm³/mol. The van der Waals surface area contributed by atoms with Crippen LogP contribution < -0.4 is 0 Å². The van der Waals surface area contributed by atoms with Gasteiger partial charge in [0.1, 0.15) is 0 Å². The van der Waals surface area contributed by atoms with Crippen LogP contribution in [0.25, 0.3) is 0 Å². The molecule has 0 aromatic carbocycles. The van der Waals surface area contributed by atoms with Crippen molar-refractivity contribution in [2.45, 2.75) is 50.9 Å². The molecule has 1 aliphatic carbocycles. The average molecular weight is 174 g/mol. The number of hydrogen-bond acceptors (Lipinski definition) is 3. The molecule has 1 saturated carbocycles. The first-order chi connectivity index (χ1) is 5.41. The lowest BCUT2D eigenvalue weighted by Gasteiger charge is -2.38. The van der Waals surface area contributed by atoms with Crippen molar-refractivity contribution in [3.05, 3.63) is 0 Å². The SMILES string of the molecule is CC(C)(O)[C@H]1CC[C@H](O)C[C@@H]1O. The minimum absolute atomic E-state index is 0.0964. The second kappa shape index (κ2) is 3.32. The predicted octanol–water partition coefficient (Wildman–Crippen LogP) is 0.279. The van der Waals surface area contributed by atoms with Crippen molar-refractivity contribution >= 4 is 0 Å². The van der Waals surface area contributed by atoms with E-state index < -0.39 is 17.8 Å². The van der Waals surface area contributed by atoms with Gasteiger partial charge < -0.3 is 15.3 Å². The van der Waals surface area contributed by atoms with Crippen LogP contribution in [0, 0.1) is 5.92 Å². The second-order valence-electron chi connectivity index (χ2n) is 4.29. The zero-order valence-electron chi connectivity index (χ0n) is 7.70. The molecule has 3 nitrogen and oxygen atoms in total. The summed E-state index contributed by atoms with van der Waals surface area (Å²) >= 11 is 0. The lowest BCUT2D eigenvalue weighted by atomic mass is 9.76. The smallest absolute Gasteiger partial charge is 0.0644 e. The van der Waals surface area contributed by atoms with E-state index in [-0.39, 0.29) is 5.92 Å². The summed E-state index contributed by atoms with van der Waals surface area (Å²) in [6, 6.07) is 0. The Balaban J connectivity index is 2.57. The fraction of sp³-hybridized carbons (Fsp3) is 1.00. The minimum atomic E-state index is -0.834. The van der Waals surface area contributed by atoms with E-state index in [1.165, 1.54) is 0 Å². The maximum Gasteiger partial charge on any atom is 0.0644 e. The molecule has 0 heterocycles. The zero-order valence-corrected chi connectivity index (χ0v) is 7.70. The molecule has 3 atom stereocenters. The van der Waals surface area contributed by atoms with Crippen molar-refractivity contribution in [1.82, 2.24) is 0 Å². The molecule has 0 aliphatic heterocycles. The van der Waals surface area contributed by atoms with Crippen molar-refractivity contribution in [2.75, 3.05) is 0 Å². The molecular formula is C9H18O3. The molecule has 72 valence electrons. The zero-order chi connectivity index (χ0) is 9.35. The van der Waals surface area contributed by atoms with E-state index in [0.29, 0.717) is 19.3 Å². The summed E-state index contributed by atoms with van der Waals surface area (Å²) in [7, 11) is 0. The van der Waals surface area contributed by atoms with Crippen LogP contribution in [0.3, 0.4) is 0 Å². The van der Waals surface area contributed by atoms with E-state index in [1.54, 1.807) is 13.8 Å². The highest BCUT2D eigenvalue weighted by molar-refractivity contribution is 4.88. The summed E-state index contributed by atoms with van der Waals surface area (Å²) in [5, 5.41) is 28.4. The fourth-order valence-corrected chi connectivity index (χ4v) is 1.95. The largest absolute Gasteiger partial charge is 0.393 e. The second-order valence-corrected chi connectivity index (χ2v) is 4.29. The molecule has 0 aromatic rings. The molecule has 0 bridgehead atoms. The van der Waals surface area contributed by atoms with Gasteiger partial charge in [0.05, 0.1) is 17.8 Å². The Hall–Kier alpha value is -0.120. The standard InChI is InChI=1S/C9H18O3/c1-9(2,12)7-4-3-6(10)5-8(7)11/h6-8,10-12H,3-5H2,1-2H3/t6-,7-,8-/m0/s1. The normalized spacial score (nSPS) is 38.2. The van der Waals surface area contributed by atoms with Crippen molar-refractivity contribution in [3.8, 4) is 0 Å². The summed E-state index contributed by atoms with van der Waals surface area (Å²) in [4.78, 5) is 0. The summed E-state index contributed by atoms with van der Waals surface area (Å²) in [5.41, 5.74) is -0.834. The Bertz CT molecular complexity index is 150. The molecule has 1 fully saturated rings. The minimum Gasteiger partial charge on any atom is -0.393 e. The maximum absolute atomic E-state index is 9.66. The van der Waals surface area contributed by atoms with E-state index in [1.807, 2.05) is 0 Å². The van der Waals surface area contributed by atoms with Gasteiger partial charge in [-0.2, -0.15) is 0 Å². The first kappa shape index (κ1) is 9.96. The summed E-state index contributed by atoms with van der Waals surface area (Å²) in [6.45, 7) is 3.41. The Morgan fingerprint density at radius 2 is 1.75 bits per heavy atom. The molecule has 0 aromatic heterocycles. The third-order valence-electron chi connectivity index (χ3n) is 2.70. The lowest BCUT2D eigenvalue weighted by molar-refractivity contribution is -0.0878. The van der Waals surface area contributed by atoms with Gasteiger partial charge in [0.2, 0.25) is 0 Å². The van der Waals surface area contributed by atoms with Gasteiger partial charge >= 0.3 is 0 Å². The van der Waals surface area contributed by atoms with Gasteiger partial charge in [-0.25, -0.2) is 0 Å². The molecule has 12 heavy (non-hydrogen) atoms. The topological polar surface area (TPSA) is 60.7 Å². The van der Waals surface area contributed by atoms with Gasteiger partial charge in [-0.05, 0) is 33.1 Å². The Morgan fingerprint density at radius 1 is 1.17 bits per heavy atom. The van der Waals surface area contributed by atoms with Gasteiger partial charge in [-0.1, -0.05) is 0 Å². The quantitative estimate of drug-likeness (QED) is 0.535. The monoisotopic (exact) mass is 174 g/mol. The van der Waals surface area contributed by atoms with Crippen LogP contribution in [0.1, 0.15) is 33.1 Å². The molecule has 3 N–H and O–H groups in total. The van der Waals surface area contributed by atoms with Crippen molar-refractivity contribution in [2.24, 2.45) is 5.92 Å². The van der Waals surface area contributed by atoms with Gasteiger partial charge in [-0.3, -0.25) is 0 Å². The van der Waals surface area contributed by atoms with Crippen LogP contribution in [0.2, 0.25) is 0 Å². The van der Waals surface area contributed by atoms with Crippen LogP contribution in [0.15, 0.2) is 0 Å². The summed E-state index contributed by atoms with van der Waals surface area (Å²) < 4.78 is 0. The summed E-state index contributed by atoms with van der Waals surface area (Å²) in [6.07, 6.45) is 0.832. The summed E-state index contributed by atoms with van der Waals surface area (Å²) in [5.74, 6) is -0.0964. The average Bonchev–Trinajstić information content (AvgIpc) is 1.83. The van der Waals surface area contributed by atoms with Gasteiger partial charge in [0, 0.05) is 5.92 Å². The van der Waals surface area contributed by atoms with Crippen molar-refractivity contribution in [1.29, 1.82) is 0 Å². The van der Waals surface area contributed by atoms with E-state index >= 15 is 0 Å². The van der Waals surface area contributed by atoms with Crippen LogP contribution in [0.5, 0.6) is 0 Å². The van der Waals surface area contributed by atoms with Gasteiger partial charge in [0.25, 0.3) is 0 Å². The van der Waals surface area contributed by atoms with Gasteiger partial charge in [-0.15, -0.1) is 0 Å². The molecule has 0 unspecified atom stereocenters. The van der Waals surface area contributed by atoms with Crippen molar-refractivity contribution in [3.63, 3.8) is 0 Å². The Labute approximate surface area is 73.0 Å². The molecule has 0 radical (unpaired) electrons. The van der Waals surface area contributed by atoms with E-state index in [9.17, 15) is 15.3 Å². The Kier molecular flexibility index (Phi) is 2.76. The number of hydrogen-bond donors (Lipinski definition) is 3. The van der Waals surface area contributed by atoms with Gasteiger partial charge in [0.15, 0.2) is 0 Å². The van der Waals surface area contributed by atoms with E-state index in [0.717, 1.165) is 0 Å². The van der Waals surface area contributed by atoms with Crippen molar-refractivity contribution < 1.29 is 15.3 Å².